The number of halogens is 1. The van der Waals surface area contributed by atoms with Gasteiger partial charge in [0.2, 0.25) is 0 Å². The van der Waals surface area contributed by atoms with E-state index in [1.807, 2.05) is 60.8 Å². The van der Waals surface area contributed by atoms with Crippen molar-refractivity contribution in [1.29, 1.82) is 5.26 Å². The molecular formula is C23H16ClN3OS. The summed E-state index contributed by atoms with van der Waals surface area (Å²) in [5.41, 5.74) is 4.88. The third-order valence-electron chi connectivity index (χ3n) is 4.49. The predicted molar refractivity (Wildman–Crippen MR) is 119 cm³/mol. The van der Waals surface area contributed by atoms with Gasteiger partial charge in [-0.1, -0.05) is 23.7 Å². The molecule has 0 unspecified atom stereocenters. The standard InChI is InChI=1S/C23H16ClN3OS/c1-14-3-4-16-10-17(22(24)26-20(16)9-14)11-18(12-25)23-27-21(13-29-23)15-5-7-19(28-2)8-6-15/h3-11,13H,1-2H3. The number of methoxy groups -OCH3 is 1. The van der Waals surface area contributed by atoms with E-state index in [1.165, 1.54) is 11.3 Å². The molecule has 0 saturated heterocycles. The third-order valence-corrected chi connectivity index (χ3v) is 5.67. The Morgan fingerprint density at radius 2 is 1.93 bits per heavy atom. The predicted octanol–water partition coefficient (Wildman–Crippen LogP) is 6.39. The molecule has 29 heavy (non-hydrogen) atoms. The average Bonchev–Trinajstić information content (AvgIpc) is 3.22. The van der Waals surface area contributed by atoms with Crippen LogP contribution >= 0.6 is 22.9 Å². The summed E-state index contributed by atoms with van der Waals surface area (Å²) < 4.78 is 5.19. The van der Waals surface area contributed by atoms with E-state index in [0.29, 0.717) is 21.3 Å². The van der Waals surface area contributed by atoms with Gasteiger partial charge in [0, 0.05) is 21.9 Å². The summed E-state index contributed by atoms with van der Waals surface area (Å²) in [7, 11) is 1.63. The van der Waals surface area contributed by atoms with E-state index in [9.17, 15) is 5.26 Å². The van der Waals surface area contributed by atoms with Crippen LogP contribution in [0.1, 0.15) is 16.1 Å². The van der Waals surface area contributed by atoms with Crippen LogP contribution in [0, 0.1) is 18.3 Å². The SMILES string of the molecule is COc1ccc(-c2csc(C(C#N)=Cc3cc4ccc(C)cc4nc3Cl)n2)cc1. The molecule has 6 heteroatoms. The first-order valence-electron chi connectivity index (χ1n) is 8.86. The van der Waals surface area contributed by atoms with Crippen LogP contribution in [-0.4, -0.2) is 17.1 Å². The summed E-state index contributed by atoms with van der Waals surface area (Å²) in [6.45, 7) is 2.01. The fraction of sp³-hybridized carbons (Fsp3) is 0.0870. The molecule has 0 spiro atoms. The number of thiazole rings is 1. The molecule has 0 aliphatic heterocycles. The minimum absolute atomic E-state index is 0.364. The van der Waals surface area contributed by atoms with E-state index >= 15 is 0 Å². The second-order valence-corrected chi connectivity index (χ2v) is 7.72. The summed E-state index contributed by atoms with van der Waals surface area (Å²) in [5, 5.41) is 13.6. The first-order valence-corrected chi connectivity index (χ1v) is 10.1. The van der Waals surface area contributed by atoms with E-state index in [1.54, 1.807) is 13.2 Å². The summed E-state index contributed by atoms with van der Waals surface area (Å²) in [4.78, 5) is 9.10. The molecule has 2 aromatic carbocycles. The van der Waals surface area contributed by atoms with Crippen LogP contribution in [0.2, 0.25) is 5.15 Å². The zero-order valence-corrected chi connectivity index (χ0v) is 17.4. The number of nitrogens with zero attached hydrogens (tertiary/aromatic N) is 3. The zero-order valence-electron chi connectivity index (χ0n) is 15.8. The number of allylic oxidation sites excluding steroid dienone is 1. The van der Waals surface area contributed by atoms with Crippen LogP contribution in [0.3, 0.4) is 0 Å². The van der Waals surface area contributed by atoms with Gasteiger partial charge in [-0.15, -0.1) is 11.3 Å². The summed E-state index contributed by atoms with van der Waals surface area (Å²) >= 11 is 7.80. The van der Waals surface area contributed by atoms with Gasteiger partial charge < -0.3 is 4.74 Å². The summed E-state index contributed by atoms with van der Waals surface area (Å²) in [6, 6.07) is 17.9. The normalized spacial score (nSPS) is 11.4. The molecule has 142 valence electrons. The Morgan fingerprint density at radius 1 is 1.14 bits per heavy atom. The maximum absolute atomic E-state index is 9.70. The van der Waals surface area contributed by atoms with Gasteiger partial charge in [0.05, 0.1) is 23.9 Å². The van der Waals surface area contributed by atoms with Crippen LogP contribution in [0.15, 0.2) is 53.9 Å². The Bertz CT molecular complexity index is 1270. The first-order chi connectivity index (χ1) is 14.1. The van der Waals surface area contributed by atoms with Gasteiger partial charge in [-0.25, -0.2) is 9.97 Å². The van der Waals surface area contributed by atoms with Crippen LogP contribution in [-0.2, 0) is 0 Å². The lowest BCUT2D eigenvalue weighted by molar-refractivity contribution is 0.415. The van der Waals surface area contributed by atoms with E-state index in [4.69, 9.17) is 16.3 Å². The largest absolute Gasteiger partial charge is 0.497 e. The smallest absolute Gasteiger partial charge is 0.137 e. The molecule has 4 nitrogen and oxygen atoms in total. The Morgan fingerprint density at radius 3 is 2.66 bits per heavy atom. The van der Waals surface area contributed by atoms with Gasteiger partial charge in [-0.05, 0) is 55.0 Å². The second-order valence-electron chi connectivity index (χ2n) is 6.50. The molecule has 0 amide bonds. The number of fused-ring (bicyclic) bond motifs is 1. The van der Waals surface area contributed by atoms with Crippen molar-refractivity contribution in [2.24, 2.45) is 0 Å². The first kappa shape index (κ1) is 19.1. The van der Waals surface area contributed by atoms with Crippen LogP contribution in [0.25, 0.3) is 33.8 Å². The zero-order chi connectivity index (χ0) is 20.4. The summed E-state index contributed by atoms with van der Waals surface area (Å²) in [5.74, 6) is 0.787. The monoisotopic (exact) mass is 417 g/mol. The third kappa shape index (κ3) is 4.00. The van der Waals surface area contributed by atoms with Crippen molar-refractivity contribution in [3.05, 3.63) is 75.2 Å². The quantitative estimate of drug-likeness (QED) is 0.285. The fourth-order valence-corrected chi connectivity index (χ4v) is 3.96. The molecule has 2 aromatic heterocycles. The van der Waals surface area contributed by atoms with Crippen molar-refractivity contribution in [1.82, 2.24) is 9.97 Å². The molecule has 0 fully saturated rings. The van der Waals surface area contributed by atoms with Crippen LogP contribution in [0.4, 0.5) is 0 Å². The van der Waals surface area contributed by atoms with Crippen LogP contribution < -0.4 is 4.74 Å². The number of pyridine rings is 1. The molecule has 2 heterocycles. The number of rotatable bonds is 4. The number of aromatic nitrogens is 2. The van der Waals surface area contributed by atoms with Crippen molar-refractivity contribution >= 4 is 45.5 Å². The molecule has 0 aliphatic rings. The van der Waals surface area contributed by atoms with E-state index in [-0.39, 0.29) is 0 Å². The highest BCUT2D eigenvalue weighted by molar-refractivity contribution is 7.11. The van der Waals surface area contributed by atoms with Crippen molar-refractivity contribution in [2.75, 3.05) is 7.11 Å². The average molecular weight is 418 g/mol. The Kier molecular flexibility index (Phi) is 5.30. The molecule has 0 saturated carbocycles. The van der Waals surface area contributed by atoms with Crippen LogP contribution in [0.5, 0.6) is 5.75 Å². The number of hydrogen-bond donors (Lipinski definition) is 0. The van der Waals surface area contributed by atoms with Gasteiger partial charge in [0.25, 0.3) is 0 Å². The number of hydrogen-bond acceptors (Lipinski definition) is 5. The fourth-order valence-electron chi connectivity index (χ4n) is 2.96. The lowest BCUT2D eigenvalue weighted by atomic mass is 10.1. The molecule has 0 atom stereocenters. The van der Waals surface area contributed by atoms with Gasteiger partial charge in [0.15, 0.2) is 0 Å². The van der Waals surface area contributed by atoms with Gasteiger partial charge >= 0.3 is 0 Å². The van der Waals surface area contributed by atoms with Crippen molar-refractivity contribution in [2.45, 2.75) is 6.92 Å². The molecular weight excluding hydrogens is 402 g/mol. The lowest BCUT2D eigenvalue weighted by Gasteiger charge is -2.04. The van der Waals surface area contributed by atoms with Crippen molar-refractivity contribution in [3.8, 4) is 23.1 Å². The Labute approximate surface area is 177 Å². The summed E-state index contributed by atoms with van der Waals surface area (Å²) in [6.07, 6.45) is 1.74. The molecule has 4 aromatic rings. The molecule has 0 aliphatic carbocycles. The van der Waals surface area contributed by atoms with E-state index in [0.717, 1.165) is 33.5 Å². The highest BCUT2D eigenvalue weighted by Gasteiger charge is 2.11. The minimum atomic E-state index is 0.364. The number of ether oxygens (including phenoxy) is 1. The van der Waals surface area contributed by atoms with Crippen molar-refractivity contribution in [3.63, 3.8) is 0 Å². The lowest BCUT2D eigenvalue weighted by Crippen LogP contribution is -1.88. The molecule has 0 bridgehead atoms. The highest BCUT2D eigenvalue weighted by Crippen LogP contribution is 2.30. The highest BCUT2D eigenvalue weighted by atomic mass is 35.5. The van der Waals surface area contributed by atoms with Gasteiger partial charge in [-0.3, -0.25) is 0 Å². The maximum atomic E-state index is 9.70. The number of benzene rings is 2. The van der Waals surface area contributed by atoms with E-state index < -0.39 is 0 Å². The number of aryl methyl sites for hydroxylation is 1. The molecule has 0 radical (unpaired) electrons. The number of nitriles is 1. The van der Waals surface area contributed by atoms with Gasteiger partial charge in [0.1, 0.15) is 22.0 Å². The Balaban J connectivity index is 1.70. The molecule has 0 N–H and O–H groups in total. The van der Waals surface area contributed by atoms with Gasteiger partial charge in [-0.2, -0.15) is 5.26 Å². The van der Waals surface area contributed by atoms with E-state index in [2.05, 4.69) is 16.0 Å². The second kappa shape index (κ2) is 8.04. The Hall–Kier alpha value is -3.20. The molecule has 4 rings (SSSR count). The van der Waals surface area contributed by atoms with Crippen molar-refractivity contribution < 1.29 is 4.74 Å². The minimum Gasteiger partial charge on any atom is -0.497 e. The maximum Gasteiger partial charge on any atom is 0.137 e. The topological polar surface area (TPSA) is 58.8 Å².